The normalized spacial score (nSPS) is 11.6. The first-order chi connectivity index (χ1) is 9.83. The van der Waals surface area contributed by atoms with Crippen molar-refractivity contribution in [2.45, 2.75) is 6.92 Å². The highest BCUT2D eigenvalue weighted by molar-refractivity contribution is 7.18. The summed E-state index contributed by atoms with van der Waals surface area (Å²) in [6.45, 7) is 1.99. The first kappa shape index (κ1) is 12.7. The van der Waals surface area contributed by atoms with Crippen LogP contribution in [0.4, 0.5) is 5.13 Å². The Morgan fingerprint density at radius 2 is 1.55 bits per heavy atom. The van der Waals surface area contributed by atoms with Gasteiger partial charge in [-0.1, -0.05) is 72.0 Å². The second kappa shape index (κ2) is 5.75. The van der Waals surface area contributed by atoms with Crippen molar-refractivity contribution >= 4 is 22.2 Å². The van der Waals surface area contributed by atoms with Gasteiger partial charge in [0, 0.05) is 11.3 Å². The minimum Gasteiger partial charge on any atom is -0.222 e. The van der Waals surface area contributed by atoms with Crippen molar-refractivity contribution in [2.24, 2.45) is 4.99 Å². The molecule has 0 spiro atoms. The summed E-state index contributed by atoms with van der Waals surface area (Å²) in [6.07, 6.45) is 0. The van der Waals surface area contributed by atoms with Crippen LogP contribution < -0.4 is 0 Å². The molecular weight excluding hydrogens is 266 g/mol. The molecule has 0 N–H and O–H groups in total. The average Bonchev–Trinajstić information content (AvgIpc) is 2.97. The standard InChI is InChI=1S/C16H13N3S/c1-12(13-8-4-2-5-9-13)17-16-19-18-15(20-16)14-10-6-3-7-11-14/h2-11H,1H3. The van der Waals surface area contributed by atoms with Crippen LogP contribution in [-0.2, 0) is 0 Å². The van der Waals surface area contributed by atoms with Gasteiger partial charge < -0.3 is 0 Å². The van der Waals surface area contributed by atoms with Gasteiger partial charge in [0.05, 0.1) is 0 Å². The van der Waals surface area contributed by atoms with Crippen molar-refractivity contribution in [3.63, 3.8) is 0 Å². The molecule has 1 aromatic heterocycles. The molecule has 0 aliphatic rings. The van der Waals surface area contributed by atoms with E-state index in [4.69, 9.17) is 0 Å². The van der Waals surface area contributed by atoms with E-state index in [1.165, 1.54) is 11.3 Å². The zero-order valence-electron chi connectivity index (χ0n) is 11.0. The molecule has 0 atom stereocenters. The van der Waals surface area contributed by atoms with Crippen molar-refractivity contribution in [2.75, 3.05) is 0 Å². The number of benzene rings is 2. The molecule has 0 aliphatic heterocycles. The lowest BCUT2D eigenvalue weighted by atomic mass is 10.1. The Kier molecular flexibility index (Phi) is 3.65. The van der Waals surface area contributed by atoms with Gasteiger partial charge in [0.2, 0.25) is 5.13 Å². The maximum absolute atomic E-state index is 4.54. The molecule has 3 nitrogen and oxygen atoms in total. The Morgan fingerprint density at radius 3 is 2.25 bits per heavy atom. The van der Waals surface area contributed by atoms with E-state index in [1.54, 1.807) is 0 Å². The molecule has 0 bridgehead atoms. The molecule has 20 heavy (non-hydrogen) atoms. The summed E-state index contributed by atoms with van der Waals surface area (Å²) < 4.78 is 0. The third kappa shape index (κ3) is 2.81. The van der Waals surface area contributed by atoms with Gasteiger partial charge >= 0.3 is 0 Å². The fraction of sp³-hybridized carbons (Fsp3) is 0.0625. The molecule has 4 heteroatoms. The minimum absolute atomic E-state index is 0.685. The molecule has 0 radical (unpaired) electrons. The van der Waals surface area contributed by atoms with Gasteiger partial charge in [-0.15, -0.1) is 10.2 Å². The van der Waals surface area contributed by atoms with Crippen molar-refractivity contribution < 1.29 is 0 Å². The van der Waals surface area contributed by atoms with Crippen LogP contribution >= 0.6 is 11.3 Å². The summed E-state index contributed by atoms with van der Waals surface area (Å²) in [5.74, 6) is 0. The number of aliphatic imine (C=N–C) groups is 1. The first-order valence-corrected chi connectivity index (χ1v) is 7.14. The zero-order valence-corrected chi connectivity index (χ0v) is 11.8. The molecule has 0 unspecified atom stereocenters. The van der Waals surface area contributed by atoms with Crippen molar-refractivity contribution in [3.8, 4) is 10.6 Å². The molecular formula is C16H13N3S. The van der Waals surface area contributed by atoms with Gasteiger partial charge in [-0.3, -0.25) is 0 Å². The maximum atomic E-state index is 4.54. The van der Waals surface area contributed by atoms with Crippen LogP contribution in [0.5, 0.6) is 0 Å². The topological polar surface area (TPSA) is 38.1 Å². The third-order valence-electron chi connectivity index (χ3n) is 2.89. The summed E-state index contributed by atoms with van der Waals surface area (Å²) in [5, 5.41) is 9.91. The van der Waals surface area contributed by atoms with Crippen molar-refractivity contribution in [1.82, 2.24) is 10.2 Å². The molecule has 3 rings (SSSR count). The lowest BCUT2D eigenvalue weighted by Gasteiger charge is -1.97. The second-order valence-electron chi connectivity index (χ2n) is 4.32. The minimum atomic E-state index is 0.685. The Balaban J connectivity index is 1.88. The number of hydrogen-bond acceptors (Lipinski definition) is 4. The molecule has 0 amide bonds. The molecule has 2 aromatic carbocycles. The highest BCUT2D eigenvalue weighted by atomic mass is 32.1. The molecule has 0 saturated carbocycles. The summed E-state index contributed by atoms with van der Waals surface area (Å²) in [7, 11) is 0. The molecule has 0 aliphatic carbocycles. The van der Waals surface area contributed by atoms with Crippen LogP contribution in [0.3, 0.4) is 0 Å². The van der Waals surface area contributed by atoms with Gasteiger partial charge in [0.1, 0.15) is 5.01 Å². The van der Waals surface area contributed by atoms with Crippen LogP contribution in [0.1, 0.15) is 12.5 Å². The van der Waals surface area contributed by atoms with Crippen molar-refractivity contribution in [3.05, 3.63) is 66.2 Å². The Bertz CT molecular complexity index is 718. The second-order valence-corrected chi connectivity index (χ2v) is 5.28. The lowest BCUT2D eigenvalue weighted by molar-refractivity contribution is 1.09. The molecule has 0 fully saturated rings. The van der Waals surface area contributed by atoms with E-state index in [2.05, 4.69) is 15.2 Å². The van der Waals surface area contributed by atoms with E-state index >= 15 is 0 Å². The number of aromatic nitrogens is 2. The summed E-state index contributed by atoms with van der Waals surface area (Å²) in [6, 6.07) is 20.1. The van der Waals surface area contributed by atoms with E-state index in [1.807, 2.05) is 67.6 Å². The maximum Gasteiger partial charge on any atom is 0.232 e. The van der Waals surface area contributed by atoms with Crippen LogP contribution in [0, 0.1) is 0 Å². The van der Waals surface area contributed by atoms with Crippen molar-refractivity contribution in [1.29, 1.82) is 0 Å². The fourth-order valence-corrected chi connectivity index (χ4v) is 2.62. The van der Waals surface area contributed by atoms with E-state index < -0.39 is 0 Å². The number of hydrogen-bond donors (Lipinski definition) is 0. The van der Waals surface area contributed by atoms with Crippen LogP contribution in [0.2, 0.25) is 0 Å². The summed E-state index contributed by atoms with van der Waals surface area (Å²) >= 11 is 1.50. The SMILES string of the molecule is CC(=Nc1nnc(-c2ccccc2)s1)c1ccccc1. The molecule has 3 aromatic rings. The number of rotatable bonds is 3. The molecule has 1 heterocycles. The summed E-state index contributed by atoms with van der Waals surface area (Å²) in [5.41, 5.74) is 3.12. The Morgan fingerprint density at radius 1 is 0.900 bits per heavy atom. The van der Waals surface area contributed by atoms with Crippen LogP contribution in [-0.4, -0.2) is 15.9 Å². The average molecular weight is 279 g/mol. The van der Waals surface area contributed by atoms with E-state index in [0.29, 0.717) is 5.13 Å². The van der Waals surface area contributed by atoms with E-state index in [9.17, 15) is 0 Å². The lowest BCUT2D eigenvalue weighted by Crippen LogP contribution is -1.92. The number of nitrogens with zero attached hydrogens (tertiary/aromatic N) is 3. The molecule has 98 valence electrons. The largest absolute Gasteiger partial charge is 0.232 e. The fourth-order valence-electron chi connectivity index (χ4n) is 1.85. The van der Waals surface area contributed by atoms with Gasteiger partial charge in [-0.25, -0.2) is 4.99 Å². The van der Waals surface area contributed by atoms with Gasteiger partial charge in [0.25, 0.3) is 0 Å². The predicted molar refractivity (Wildman–Crippen MR) is 83.7 cm³/mol. The summed E-state index contributed by atoms with van der Waals surface area (Å²) in [4.78, 5) is 4.54. The smallest absolute Gasteiger partial charge is 0.222 e. The quantitative estimate of drug-likeness (QED) is 0.669. The predicted octanol–water partition coefficient (Wildman–Crippen LogP) is 4.35. The van der Waals surface area contributed by atoms with Gasteiger partial charge in [-0.05, 0) is 12.5 Å². The highest BCUT2D eigenvalue weighted by Gasteiger charge is 2.06. The Hall–Kier alpha value is -2.33. The van der Waals surface area contributed by atoms with E-state index in [-0.39, 0.29) is 0 Å². The third-order valence-corrected chi connectivity index (χ3v) is 3.76. The van der Waals surface area contributed by atoms with Crippen LogP contribution in [0.25, 0.3) is 10.6 Å². The molecule has 0 saturated heterocycles. The van der Waals surface area contributed by atoms with Gasteiger partial charge in [-0.2, -0.15) is 0 Å². The zero-order chi connectivity index (χ0) is 13.8. The van der Waals surface area contributed by atoms with Crippen LogP contribution in [0.15, 0.2) is 65.7 Å². The Labute approximate surface area is 121 Å². The first-order valence-electron chi connectivity index (χ1n) is 6.32. The van der Waals surface area contributed by atoms with Gasteiger partial charge in [0.15, 0.2) is 0 Å². The van der Waals surface area contributed by atoms with E-state index in [0.717, 1.165) is 21.8 Å². The monoisotopic (exact) mass is 279 g/mol. The highest BCUT2D eigenvalue weighted by Crippen LogP contribution is 2.28.